The minimum Gasteiger partial charge on any atom is -0.421 e. The molecular weight excluding hydrogens is 324 g/mol. The monoisotopic (exact) mass is 342 g/mol. The molecule has 0 fully saturated rings. The lowest BCUT2D eigenvalue weighted by molar-refractivity contribution is -0.128. The van der Waals surface area contributed by atoms with Gasteiger partial charge in [-0.05, 0) is 35.9 Å². The molecule has 0 atom stereocenters. The predicted molar refractivity (Wildman–Crippen MR) is 105 cm³/mol. The average Bonchev–Trinajstić information content (AvgIpc) is 3.02. The molecular formula is C22H18N2O2. The highest BCUT2D eigenvalue weighted by atomic mass is 16.5. The number of hydrogen-bond donors (Lipinski definition) is 0. The van der Waals surface area contributed by atoms with Crippen molar-refractivity contribution in [2.45, 2.75) is 6.92 Å². The minimum absolute atomic E-state index is 0.288. The Labute approximate surface area is 152 Å². The van der Waals surface area contributed by atoms with Crippen LogP contribution in [0, 0.1) is 6.92 Å². The number of hydrogen-bond acceptors (Lipinski definition) is 4. The molecule has 1 heterocycles. The SMILES string of the molecule is Cc1ccc(N(C)/N=C2\C=C(c3ccc4ccccc4c3)OC2=O)cc1. The van der Waals surface area contributed by atoms with E-state index in [1.54, 1.807) is 11.1 Å². The van der Waals surface area contributed by atoms with Crippen molar-refractivity contribution in [3.63, 3.8) is 0 Å². The number of carbonyl (C=O) groups excluding carboxylic acids is 1. The number of ether oxygens (including phenoxy) is 1. The van der Waals surface area contributed by atoms with E-state index in [4.69, 9.17) is 4.74 Å². The fourth-order valence-corrected chi connectivity index (χ4v) is 2.90. The van der Waals surface area contributed by atoms with Crippen molar-refractivity contribution in [3.8, 4) is 0 Å². The first-order chi connectivity index (χ1) is 12.6. The number of esters is 1. The Hall–Kier alpha value is -3.40. The van der Waals surface area contributed by atoms with Gasteiger partial charge in [0, 0.05) is 18.7 Å². The van der Waals surface area contributed by atoms with Gasteiger partial charge in [0.15, 0.2) is 5.71 Å². The summed E-state index contributed by atoms with van der Waals surface area (Å²) in [4.78, 5) is 12.2. The van der Waals surface area contributed by atoms with Crippen molar-refractivity contribution < 1.29 is 9.53 Å². The Balaban J connectivity index is 1.64. The third-order valence-electron chi connectivity index (χ3n) is 4.38. The van der Waals surface area contributed by atoms with Crippen molar-refractivity contribution in [3.05, 3.63) is 83.9 Å². The number of anilines is 1. The van der Waals surface area contributed by atoms with E-state index in [0.29, 0.717) is 5.76 Å². The lowest BCUT2D eigenvalue weighted by Gasteiger charge is -2.13. The maximum absolute atomic E-state index is 12.2. The summed E-state index contributed by atoms with van der Waals surface area (Å²) in [6.07, 6.45) is 1.69. The molecule has 4 heteroatoms. The van der Waals surface area contributed by atoms with Gasteiger partial charge in [-0.15, -0.1) is 0 Å². The van der Waals surface area contributed by atoms with Crippen LogP contribution in [0.2, 0.25) is 0 Å². The van der Waals surface area contributed by atoms with E-state index < -0.39 is 5.97 Å². The fraction of sp³-hybridized carbons (Fsp3) is 0.0909. The molecule has 0 aromatic heterocycles. The second-order valence-electron chi connectivity index (χ2n) is 6.30. The molecule has 0 aliphatic carbocycles. The first-order valence-electron chi connectivity index (χ1n) is 8.42. The molecule has 26 heavy (non-hydrogen) atoms. The van der Waals surface area contributed by atoms with Gasteiger partial charge in [-0.25, -0.2) is 4.79 Å². The number of carbonyl (C=O) groups is 1. The Morgan fingerprint density at radius 3 is 2.42 bits per heavy atom. The number of nitrogens with zero attached hydrogens (tertiary/aromatic N) is 2. The first-order valence-corrected chi connectivity index (χ1v) is 8.42. The molecule has 3 aromatic carbocycles. The maximum Gasteiger partial charge on any atom is 0.364 e. The maximum atomic E-state index is 12.2. The van der Waals surface area contributed by atoms with E-state index in [2.05, 4.69) is 11.2 Å². The molecule has 1 aliphatic rings. The van der Waals surface area contributed by atoms with Crippen LogP contribution in [0.25, 0.3) is 16.5 Å². The summed E-state index contributed by atoms with van der Waals surface area (Å²) < 4.78 is 5.43. The number of aryl methyl sites for hydroxylation is 1. The molecule has 0 spiro atoms. The largest absolute Gasteiger partial charge is 0.421 e. The molecule has 4 rings (SSSR count). The number of fused-ring (bicyclic) bond motifs is 1. The van der Waals surface area contributed by atoms with Crippen LogP contribution in [-0.4, -0.2) is 18.7 Å². The van der Waals surface area contributed by atoms with Crippen molar-refractivity contribution in [1.82, 2.24) is 0 Å². The molecule has 0 bridgehead atoms. The molecule has 0 saturated heterocycles. The zero-order valence-electron chi connectivity index (χ0n) is 14.6. The lowest BCUT2D eigenvalue weighted by atomic mass is 10.1. The average molecular weight is 342 g/mol. The smallest absolute Gasteiger partial charge is 0.364 e. The first kappa shape index (κ1) is 16.1. The summed E-state index contributed by atoms with van der Waals surface area (Å²) in [5.41, 5.74) is 3.23. The molecule has 4 nitrogen and oxygen atoms in total. The highest BCUT2D eigenvalue weighted by molar-refractivity contribution is 6.45. The van der Waals surface area contributed by atoms with Gasteiger partial charge in [0.25, 0.3) is 0 Å². The topological polar surface area (TPSA) is 41.9 Å². The van der Waals surface area contributed by atoms with E-state index in [1.165, 1.54) is 5.56 Å². The van der Waals surface area contributed by atoms with Crippen LogP contribution in [-0.2, 0) is 9.53 Å². The van der Waals surface area contributed by atoms with Crippen LogP contribution in [0.3, 0.4) is 0 Å². The molecule has 0 unspecified atom stereocenters. The summed E-state index contributed by atoms with van der Waals surface area (Å²) in [7, 11) is 1.81. The second kappa shape index (κ2) is 6.48. The molecule has 0 N–H and O–H groups in total. The Bertz CT molecular complexity index is 1050. The third kappa shape index (κ3) is 3.09. The zero-order chi connectivity index (χ0) is 18.1. The number of rotatable bonds is 3. The summed E-state index contributed by atoms with van der Waals surface area (Å²) >= 11 is 0. The Morgan fingerprint density at radius 2 is 1.65 bits per heavy atom. The van der Waals surface area contributed by atoms with Crippen LogP contribution in [0.1, 0.15) is 11.1 Å². The van der Waals surface area contributed by atoms with Gasteiger partial charge < -0.3 is 4.74 Å². The summed E-state index contributed by atoms with van der Waals surface area (Å²) in [5.74, 6) is 0.0870. The van der Waals surface area contributed by atoms with E-state index in [0.717, 1.165) is 22.0 Å². The number of hydrazone groups is 1. The van der Waals surface area contributed by atoms with Gasteiger partial charge in [-0.2, -0.15) is 5.10 Å². The Morgan fingerprint density at radius 1 is 0.923 bits per heavy atom. The van der Waals surface area contributed by atoms with Gasteiger partial charge in [-0.1, -0.05) is 54.1 Å². The second-order valence-corrected chi connectivity index (χ2v) is 6.30. The van der Waals surface area contributed by atoms with E-state index in [-0.39, 0.29) is 5.71 Å². The number of benzene rings is 3. The molecule has 128 valence electrons. The summed E-state index contributed by atoms with van der Waals surface area (Å²) in [6, 6.07) is 22.0. The normalized spacial score (nSPS) is 15.2. The standard InChI is InChI=1S/C22H18N2O2/c1-15-7-11-19(12-8-15)24(2)23-20-14-21(26-22(20)25)18-10-9-16-5-3-4-6-17(16)13-18/h3-14H,1-2H3/b23-20+. The van der Waals surface area contributed by atoms with Crippen molar-refractivity contribution in [1.29, 1.82) is 0 Å². The van der Waals surface area contributed by atoms with Gasteiger partial charge in [0.05, 0.1) is 5.69 Å². The van der Waals surface area contributed by atoms with Gasteiger partial charge in [0.2, 0.25) is 0 Å². The Kier molecular flexibility index (Phi) is 4.01. The van der Waals surface area contributed by atoms with Crippen molar-refractivity contribution in [2.75, 3.05) is 12.1 Å². The molecule has 3 aromatic rings. The molecule has 0 radical (unpaired) electrons. The predicted octanol–water partition coefficient (Wildman–Crippen LogP) is 4.54. The highest BCUT2D eigenvalue weighted by Crippen LogP contribution is 2.26. The summed E-state index contributed by atoms with van der Waals surface area (Å²) in [6.45, 7) is 2.03. The van der Waals surface area contributed by atoms with Crippen molar-refractivity contribution in [2.24, 2.45) is 5.10 Å². The highest BCUT2D eigenvalue weighted by Gasteiger charge is 2.24. The van der Waals surface area contributed by atoms with Gasteiger partial charge in [0.1, 0.15) is 5.76 Å². The van der Waals surface area contributed by atoms with Crippen molar-refractivity contribution >= 4 is 33.9 Å². The summed E-state index contributed by atoms with van der Waals surface area (Å²) in [5, 5.41) is 8.32. The van der Waals surface area contributed by atoms with Crippen LogP contribution in [0.5, 0.6) is 0 Å². The van der Waals surface area contributed by atoms with E-state index >= 15 is 0 Å². The van der Waals surface area contributed by atoms with Crippen LogP contribution < -0.4 is 5.01 Å². The molecule has 0 amide bonds. The van der Waals surface area contributed by atoms with Gasteiger partial charge >= 0.3 is 5.97 Å². The van der Waals surface area contributed by atoms with Gasteiger partial charge in [-0.3, -0.25) is 5.01 Å². The van der Waals surface area contributed by atoms with Crippen LogP contribution >= 0.6 is 0 Å². The van der Waals surface area contributed by atoms with Crippen LogP contribution in [0.4, 0.5) is 5.69 Å². The quantitative estimate of drug-likeness (QED) is 0.518. The zero-order valence-corrected chi connectivity index (χ0v) is 14.6. The lowest BCUT2D eigenvalue weighted by Crippen LogP contribution is -2.16. The van der Waals surface area contributed by atoms with E-state index in [1.807, 2.05) is 74.6 Å². The molecule has 0 saturated carbocycles. The number of cyclic esters (lactones) is 1. The van der Waals surface area contributed by atoms with E-state index in [9.17, 15) is 4.79 Å². The molecule has 1 aliphatic heterocycles. The third-order valence-corrected chi connectivity index (χ3v) is 4.38. The van der Waals surface area contributed by atoms with Crippen LogP contribution in [0.15, 0.2) is 77.9 Å². The minimum atomic E-state index is -0.438. The fourth-order valence-electron chi connectivity index (χ4n) is 2.90.